The lowest BCUT2D eigenvalue weighted by molar-refractivity contribution is -0.200. The average molecular weight is 315 g/mol. The summed E-state index contributed by atoms with van der Waals surface area (Å²) in [6.07, 6.45) is -2.80. The number of phenols is 1. The van der Waals surface area contributed by atoms with Crippen LogP contribution in [0.15, 0.2) is 24.3 Å². The van der Waals surface area contributed by atoms with Gasteiger partial charge in [0.05, 0.1) is 5.92 Å². The van der Waals surface area contributed by atoms with Crippen molar-refractivity contribution in [1.82, 2.24) is 4.90 Å². The van der Waals surface area contributed by atoms with E-state index in [1.807, 2.05) is 0 Å². The molecule has 1 fully saturated rings. The molecule has 0 bridgehead atoms. The Labute approximate surface area is 127 Å². The Bertz CT molecular complexity index is 513. The Morgan fingerprint density at radius 3 is 2.41 bits per heavy atom. The van der Waals surface area contributed by atoms with Crippen molar-refractivity contribution in [3.63, 3.8) is 0 Å². The predicted molar refractivity (Wildman–Crippen MR) is 76.1 cm³/mol. The van der Waals surface area contributed by atoms with Gasteiger partial charge in [-0.05, 0) is 30.5 Å². The predicted octanol–water partition coefficient (Wildman–Crippen LogP) is 3.72. The fraction of sp³-hybridized carbons (Fsp3) is 0.562. The van der Waals surface area contributed by atoms with Crippen LogP contribution in [0.2, 0.25) is 0 Å². The lowest BCUT2D eigenvalue weighted by atomic mass is 9.78. The second-order valence-electron chi connectivity index (χ2n) is 5.90. The summed E-state index contributed by atoms with van der Waals surface area (Å²) in [6, 6.07) is 6.29. The molecule has 1 aromatic rings. The van der Waals surface area contributed by atoms with Gasteiger partial charge >= 0.3 is 6.18 Å². The molecule has 1 aliphatic carbocycles. The van der Waals surface area contributed by atoms with Gasteiger partial charge in [0, 0.05) is 19.5 Å². The molecule has 0 saturated heterocycles. The lowest BCUT2D eigenvalue weighted by Gasteiger charge is -2.34. The summed E-state index contributed by atoms with van der Waals surface area (Å²) in [5, 5.41) is 9.22. The molecule has 122 valence electrons. The molecule has 1 aromatic carbocycles. The fourth-order valence-corrected chi connectivity index (χ4v) is 3.05. The number of amides is 1. The molecule has 1 aliphatic rings. The summed E-state index contributed by atoms with van der Waals surface area (Å²) in [6.45, 7) is 0.236. The van der Waals surface area contributed by atoms with Crippen molar-refractivity contribution in [2.45, 2.75) is 38.4 Å². The van der Waals surface area contributed by atoms with E-state index in [0.29, 0.717) is 19.3 Å². The third kappa shape index (κ3) is 3.93. The van der Waals surface area contributed by atoms with Crippen molar-refractivity contribution >= 4 is 5.91 Å². The van der Waals surface area contributed by atoms with Crippen LogP contribution >= 0.6 is 0 Å². The molecule has 2 atom stereocenters. The molecular formula is C16H20F3NO2. The molecule has 3 nitrogen and oxygen atoms in total. The smallest absolute Gasteiger partial charge is 0.392 e. The SMILES string of the molecule is CN(Cc1ccc(O)cc1)C(=O)[C@H]1CCCC[C@@H]1C(F)(F)F. The van der Waals surface area contributed by atoms with Crippen LogP contribution in [0, 0.1) is 11.8 Å². The van der Waals surface area contributed by atoms with Gasteiger partial charge in [0.15, 0.2) is 0 Å². The van der Waals surface area contributed by atoms with Crippen LogP contribution in [0.1, 0.15) is 31.2 Å². The van der Waals surface area contributed by atoms with Crippen LogP contribution in [0.5, 0.6) is 5.75 Å². The molecule has 0 heterocycles. The maximum absolute atomic E-state index is 13.1. The van der Waals surface area contributed by atoms with E-state index >= 15 is 0 Å². The number of carbonyl (C=O) groups excluding carboxylic acids is 1. The molecule has 0 spiro atoms. The van der Waals surface area contributed by atoms with Gasteiger partial charge in [-0.25, -0.2) is 0 Å². The zero-order chi connectivity index (χ0) is 16.3. The number of alkyl halides is 3. The molecule has 0 radical (unpaired) electrons. The molecule has 6 heteroatoms. The van der Waals surface area contributed by atoms with Gasteiger partial charge in [0.1, 0.15) is 5.75 Å². The number of rotatable bonds is 3. The minimum atomic E-state index is -4.32. The molecule has 0 unspecified atom stereocenters. The number of hydrogen-bond acceptors (Lipinski definition) is 2. The van der Waals surface area contributed by atoms with Gasteiger partial charge in [0.2, 0.25) is 5.91 Å². The summed E-state index contributed by atoms with van der Waals surface area (Å²) in [5.74, 6) is -2.84. The molecule has 2 rings (SSSR count). The first-order valence-electron chi connectivity index (χ1n) is 7.38. The largest absolute Gasteiger partial charge is 0.508 e. The van der Waals surface area contributed by atoms with E-state index in [0.717, 1.165) is 5.56 Å². The quantitative estimate of drug-likeness (QED) is 0.923. The van der Waals surface area contributed by atoms with Crippen molar-refractivity contribution in [3.05, 3.63) is 29.8 Å². The van der Waals surface area contributed by atoms with Gasteiger partial charge in [-0.1, -0.05) is 25.0 Å². The molecular weight excluding hydrogens is 295 g/mol. The molecule has 1 amide bonds. The summed E-state index contributed by atoms with van der Waals surface area (Å²) < 4.78 is 39.3. The third-order valence-corrected chi connectivity index (χ3v) is 4.24. The highest BCUT2D eigenvalue weighted by Gasteiger charge is 2.48. The standard InChI is InChI=1S/C16H20F3NO2/c1-20(10-11-6-8-12(21)9-7-11)15(22)13-4-2-3-5-14(13)16(17,18)19/h6-9,13-14,21H,2-5,10H2,1H3/t13-,14-/m0/s1. The van der Waals surface area contributed by atoms with E-state index in [9.17, 15) is 23.1 Å². The number of carbonyl (C=O) groups is 1. The first kappa shape index (κ1) is 16.6. The number of aromatic hydroxyl groups is 1. The normalized spacial score (nSPS) is 22.4. The Morgan fingerprint density at radius 1 is 1.23 bits per heavy atom. The van der Waals surface area contributed by atoms with Gasteiger partial charge in [-0.15, -0.1) is 0 Å². The van der Waals surface area contributed by atoms with E-state index in [1.54, 1.807) is 12.1 Å². The highest BCUT2D eigenvalue weighted by atomic mass is 19.4. The first-order chi connectivity index (χ1) is 10.3. The fourth-order valence-electron chi connectivity index (χ4n) is 3.05. The third-order valence-electron chi connectivity index (χ3n) is 4.24. The second kappa shape index (κ2) is 6.58. The molecule has 1 saturated carbocycles. The maximum Gasteiger partial charge on any atom is 0.392 e. The first-order valence-corrected chi connectivity index (χ1v) is 7.38. The van der Waals surface area contributed by atoms with E-state index in [2.05, 4.69) is 0 Å². The molecule has 0 aromatic heterocycles. The number of phenolic OH excluding ortho intramolecular Hbond substituents is 1. The van der Waals surface area contributed by atoms with E-state index in [-0.39, 0.29) is 18.7 Å². The van der Waals surface area contributed by atoms with Crippen molar-refractivity contribution in [3.8, 4) is 5.75 Å². The zero-order valence-corrected chi connectivity index (χ0v) is 12.4. The topological polar surface area (TPSA) is 40.5 Å². The summed E-state index contributed by atoms with van der Waals surface area (Å²) in [5.41, 5.74) is 0.771. The Balaban J connectivity index is 2.06. The Morgan fingerprint density at radius 2 is 1.82 bits per heavy atom. The van der Waals surface area contributed by atoms with E-state index < -0.39 is 23.9 Å². The summed E-state index contributed by atoms with van der Waals surface area (Å²) in [4.78, 5) is 13.8. The number of hydrogen-bond donors (Lipinski definition) is 1. The van der Waals surface area contributed by atoms with E-state index in [4.69, 9.17) is 0 Å². The number of benzene rings is 1. The van der Waals surface area contributed by atoms with Crippen LogP contribution < -0.4 is 0 Å². The second-order valence-corrected chi connectivity index (χ2v) is 5.90. The highest BCUT2D eigenvalue weighted by molar-refractivity contribution is 5.79. The van der Waals surface area contributed by atoms with Crippen molar-refractivity contribution in [1.29, 1.82) is 0 Å². The van der Waals surface area contributed by atoms with Gasteiger partial charge in [0.25, 0.3) is 0 Å². The minimum absolute atomic E-state index is 0.0347. The Hall–Kier alpha value is -1.72. The monoisotopic (exact) mass is 315 g/mol. The van der Waals surface area contributed by atoms with Crippen LogP contribution in [0.25, 0.3) is 0 Å². The molecule has 1 N–H and O–H groups in total. The minimum Gasteiger partial charge on any atom is -0.508 e. The van der Waals surface area contributed by atoms with Crippen LogP contribution in [-0.4, -0.2) is 29.1 Å². The number of nitrogens with zero attached hydrogens (tertiary/aromatic N) is 1. The van der Waals surface area contributed by atoms with Gasteiger partial charge < -0.3 is 10.0 Å². The summed E-state index contributed by atoms with van der Waals surface area (Å²) in [7, 11) is 1.53. The lowest BCUT2D eigenvalue weighted by Crippen LogP contribution is -2.43. The Kier molecular flexibility index (Phi) is 4.98. The van der Waals surface area contributed by atoms with Gasteiger partial charge in [-0.3, -0.25) is 4.79 Å². The maximum atomic E-state index is 13.1. The highest BCUT2D eigenvalue weighted by Crippen LogP contribution is 2.42. The number of halogens is 3. The zero-order valence-electron chi connectivity index (χ0n) is 12.4. The van der Waals surface area contributed by atoms with Crippen LogP contribution in [-0.2, 0) is 11.3 Å². The van der Waals surface area contributed by atoms with Crippen LogP contribution in [0.3, 0.4) is 0 Å². The molecule has 22 heavy (non-hydrogen) atoms. The molecule has 0 aliphatic heterocycles. The van der Waals surface area contributed by atoms with Gasteiger partial charge in [-0.2, -0.15) is 13.2 Å². The van der Waals surface area contributed by atoms with E-state index in [1.165, 1.54) is 24.1 Å². The van der Waals surface area contributed by atoms with Crippen molar-refractivity contribution in [2.24, 2.45) is 11.8 Å². The average Bonchev–Trinajstić information content (AvgIpc) is 2.48. The van der Waals surface area contributed by atoms with Crippen LogP contribution in [0.4, 0.5) is 13.2 Å². The summed E-state index contributed by atoms with van der Waals surface area (Å²) >= 11 is 0. The van der Waals surface area contributed by atoms with Crippen molar-refractivity contribution < 1.29 is 23.1 Å². The van der Waals surface area contributed by atoms with Crippen molar-refractivity contribution in [2.75, 3.05) is 7.05 Å².